The summed E-state index contributed by atoms with van der Waals surface area (Å²) in [4.78, 5) is 22.9. The molecule has 2 N–H and O–H groups in total. The van der Waals surface area contributed by atoms with Gasteiger partial charge in [-0.2, -0.15) is 5.10 Å². The number of para-hydroxylation sites is 1. The molecule has 0 saturated carbocycles. The lowest BCUT2D eigenvalue weighted by Gasteiger charge is -2.05. The molecule has 8 nitrogen and oxygen atoms in total. The molecule has 2 aromatic carbocycles. The predicted octanol–water partition coefficient (Wildman–Crippen LogP) is 3.06. The van der Waals surface area contributed by atoms with E-state index in [0.29, 0.717) is 29.3 Å². The summed E-state index contributed by atoms with van der Waals surface area (Å²) in [5, 5.41) is 13.3. The van der Waals surface area contributed by atoms with E-state index in [-0.39, 0.29) is 5.76 Å². The Balaban J connectivity index is 1.68. The monoisotopic (exact) mass is 382 g/mol. The number of furan rings is 1. The van der Waals surface area contributed by atoms with E-state index in [9.17, 15) is 9.59 Å². The van der Waals surface area contributed by atoms with Crippen LogP contribution in [0.25, 0.3) is 11.0 Å². The molecule has 144 valence electrons. The maximum atomic E-state index is 12.3. The number of hydrazone groups is 1. The largest absolute Gasteiger partial charge is 0.494 e. The van der Waals surface area contributed by atoms with Gasteiger partial charge in [0.2, 0.25) is 0 Å². The van der Waals surface area contributed by atoms with E-state index >= 15 is 0 Å². The van der Waals surface area contributed by atoms with Gasteiger partial charge in [-0.1, -0.05) is 12.1 Å². The summed E-state index contributed by atoms with van der Waals surface area (Å²) in [5.41, 5.74) is 3.46. The summed E-state index contributed by atoms with van der Waals surface area (Å²) in [6.07, 6.45) is 1.37. The van der Waals surface area contributed by atoms with Crippen molar-refractivity contribution in [3.63, 3.8) is 0 Å². The molecule has 3 aromatic rings. The van der Waals surface area contributed by atoms with E-state index in [1.165, 1.54) is 6.21 Å². The second kappa shape index (κ2) is 8.72. The molecule has 1 amide bonds. The molecule has 0 spiro atoms. The number of benzene rings is 2. The molecule has 0 bridgehead atoms. The van der Waals surface area contributed by atoms with Gasteiger partial charge in [-0.3, -0.25) is 4.79 Å². The first kappa shape index (κ1) is 19.0. The Labute approximate surface area is 160 Å². The van der Waals surface area contributed by atoms with Crippen LogP contribution in [0.1, 0.15) is 23.0 Å². The Kier molecular flexibility index (Phi) is 5.91. The number of hydrogen-bond donors (Lipinski definition) is 2. The first-order valence-electron chi connectivity index (χ1n) is 8.50. The van der Waals surface area contributed by atoms with Crippen LogP contribution in [0, 0.1) is 0 Å². The standard InChI is InChI=1S/C20H18N2O6/c1-2-26-15-7-8-17-14(9-15)10-18(28-17)20(25)22-21-11-13-5-3-4-6-16(13)27-12-19(23)24/h3-11H,2,12H2,1H3,(H,22,25)(H,23,24)/b21-11+. The zero-order valence-corrected chi connectivity index (χ0v) is 15.0. The zero-order chi connectivity index (χ0) is 19.9. The zero-order valence-electron chi connectivity index (χ0n) is 15.0. The summed E-state index contributed by atoms with van der Waals surface area (Å²) < 4.78 is 16.1. The van der Waals surface area contributed by atoms with Crippen LogP contribution in [-0.2, 0) is 4.79 Å². The number of amides is 1. The van der Waals surface area contributed by atoms with Crippen molar-refractivity contribution in [3.8, 4) is 11.5 Å². The fourth-order valence-corrected chi connectivity index (χ4v) is 2.46. The molecule has 0 fully saturated rings. The molecule has 3 rings (SSSR count). The van der Waals surface area contributed by atoms with Gasteiger partial charge in [0, 0.05) is 10.9 Å². The second-order valence-corrected chi connectivity index (χ2v) is 5.66. The first-order chi connectivity index (χ1) is 13.6. The molecular weight excluding hydrogens is 364 g/mol. The average Bonchev–Trinajstić information content (AvgIpc) is 3.11. The van der Waals surface area contributed by atoms with Crippen LogP contribution in [0.5, 0.6) is 11.5 Å². The number of carboxylic acids is 1. The van der Waals surface area contributed by atoms with Crippen LogP contribution < -0.4 is 14.9 Å². The van der Waals surface area contributed by atoms with Gasteiger partial charge in [0.25, 0.3) is 0 Å². The molecule has 1 aromatic heterocycles. The van der Waals surface area contributed by atoms with E-state index in [1.54, 1.807) is 48.5 Å². The van der Waals surface area contributed by atoms with Crippen LogP contribution in [0.3, 0.4) is 0 Å². The maximum absolute atomic E-state index is 12.3. The number of aliphatic carboxylic acids is 1. The highest BCUT2D eigenvalue weighted by Crippen LogP contribution is 2.24. The highest BCUT2D eigenvalue weighted by molar-refractivity contribution is 5.97. The predicted molar refractivity (Wildman–Crippen MR) is 102 cm³/mol. The van der Waals surface area contributed by atoms with E-state index in [2.05, 4.69) is 10.5 Å². The van der Waals surface area contributed by atoms with Gasteiger partial charge in [0.1, 0.15) is 17.1 Å². The van der Waals surface area contributed by atoms with Crippen molar-refractivity contribution in [2.24, 2.45) is 5.10 Å². The fraction of sp³-hybridized carbons (Fsp3) is 0.150. The number of nitrogens with zero attached hydrogens (tertiary/aromatic N) is 1. The Hall–Kier alpha value is -3.81. The molecule has 0 unspecified atom stereocenters. The smallest absolute Gasteiger partial charge is 0.341 e. The van der Waals surface area contributed by atoms with Gasteiger partial charge in [-0.15, -0.1) is 0 Å². The van der Waals surface area contributed by atoms with Crippen molar-refractivity contribution < 1.29 is 28.6 Å². The molecule has 0 aliphatic carbocycles. The fourth-order valence-electron chi connectivity index (χ4n) is 2.46. The number of carbonyl (C=O) groups excluding carboxylic acids is 1. The number of fused-ring (bicyclic) bond motifs is 1. The van der Waals surface area contributed by atoms with E-state index in [1.807, 2.05) is 6.92 Å². The van der Waals surface area contributed by atoms with Crippen molar-refractivity contribution >= 4 is 29.1 Å². The van der Waals surface area contributed by atoms with Crippen molar-refractivity contribution in [1.82, 2.24) is 5.43 Å². The number of carboxylic acid groups (broad SMARTS) is 1. The highest BCUT2D eigenvalue weighted by Gasteiger charge is 2.12. The Morgan fingerprint density at radius 2 is 2.00 bits per heavy atom. The third-order valence-electron chi connectivity index (χ3n) is 3.66. The summed E-state index contributed by atoms with van der Waals surface area (Å²) >= 11 is 0. The molecule has 0 saturated heterocycles. The van der Waals surface area contributed by atoms with Crippen LogP contribution in [-0.4, -0.2) is 36.4 Å². The quantitative estimate of drug-likeness (QED) is 0.458. The Morgan fingerprint density at radius 1 is 1.18 bits per heavy atom. The Bertz CT molecular complexity index is 1020. The van der Waals surface area contributed by atoms with Crippen molar-refractivity contribution in [1.29, 1.82) is 0 Å². The second-order valence-electron chi connectivity index (χ2n) is 5.66. The first-order valence-corrected chi connectivity index (χ1v) is 8.50. The molecule has 0 radical (unpaired) electrons. The Morgan fingerprint density at radius 3 is 2.79 bits per heavy atom. The molecular formula is C20H18N2O6. The number of hydrogen-bond acceptors (Lipinski definition) is 6. The van der Waals surface area contributed by atoms with E-state index in [4.69, 9.17) is 19.0 Å². The minimum absolute atomic E-state index is 0.108. The number of nitrogens with one attached hydrogen (secondary N) is 1. The van der Waals surface area contributed by atoms with Crippen molar-refractivity contribution in [2.75, 3.05) is 13.2 Å². The molecule has 0 atom stereocenters. The van der Waals surface area contributed by atoms with Crippen LogP contribution in [0.2, 0.25) is 0 Å². The topological polar surface area (TPSA) is 110 Å². The number of ether oxygens (including phenoxy) is 2. The maximum Gasteiger partial charge on any atom is 0.341 e. The van der Waals surface area contributed by atoms with E-state index < -0.39 is 18.5 Å². The average molecular weight is 382 g/mol. The van der Waals surface area contributed by atoms with Crippen LogP contribution >= 0.6 is 0 Å². The molecule has 8 heteroatoms. The molecule has 1 heterocycles. The van der Waals surface area contributed by atoms with Gasteiger partial charge in [0.05, 0.1) is 12.8 Å². The van der Waals surface area contributed by atoms with Crippen LogP contribution in [0.15, 0.2) is 58.0 Å². The number of rotatable bonds is 8. The minimum Gasteiger partial charge on any atom is -0.494 e. The molecule has 0 aliphatic heterocycles. The van der Waals surface area contributed by atoms with Crippen molar-refractivity contribution in [2.45, 2.75) is 6.92 Å². The summed E-state index contributed by atoms with van der Waals surface area (Å²) in [6, 6.07) is 13.6. The third-order valence-corrected chi connectivity index (χ3v) is 3.66. The van der Waals surface area contributed by atoms with Crippen LogP contribution in [0.4, 0.5) is 0 Å². The number of carbonyl (C=O) groups is 2. The van der Waals surface area contributed by atoms with Gasteiger partial charge in [0.15, 0.2) is 12.4 Å². The highest BCUT2D eigenvalue weighted by atomic mass is 16.5. The summed E-state index contributed by atoms with van der Waals surface area (Å²) in [6.45, 7) is 1.96. The van der Waals surface area contributed by atoms with E-state index in [0.717, 1.165) is 5.39 Å². The lowest BCUT2D eigenvalue weighted by molar-refractivity contribution is -0.139. The normalized spacial score (nSPS) is 10.9. The van der Waals surface area contributed by atoms with Gasteiger partial charge in [-0.25, -0.2) is 10.2 Å². The SMILES string of the molecule is CCOc1ccc2oc(C(=O)N/N=C/c3ccccc3OCC(=O)O)cc2c1. The molecule has 0 aliphatic rings. The van der Waals surface area contributed by atoms with Gasteiger partial charge < -0.3 is 19.0 Å². The van der Waals surface area contributed by atoms with Crippen molar-refractivity contribution in [3.05, 3.63) is 59.9 Å². The lowest BCUT2D eigenvalue weighted by Crippen LogP contribution is -2.17. The molecule has 28 heavy (non-hydrogen) atoms. The lowest BCUT2D eigenvalue weighted by atomic mass is 10.2. The summed E-state index contributed by atoms with van der Waals surface area (Å²) in [7, 11) is 0. The minimum atomic E-state index is -1.09. The van der Waals surface area contributed by atoms with Gasteiger partial charge in [-0.05, 0) is 43.3 Å². The summed E-state index contributed by atoms with van der Waals surface area (Å²) in [5.74, 6) is -0.461. The third kappa shape index (κ3) is 4.67. The van der Waals surface area contributed by atoms with Gasteiger partial charge >= 0.3 is 11.9 Å².